The van der Waals surface area contributed by atoms with Crippen LogP contribution >= 0.6 is 25.3 Å². The van der Waals surface area contributed by atoms with Crippen molar-refractivity contribution in [3.05, 3.63) is 46.0 Å². The van der Waals surface area contributed by atoms with E-state index < -0.39 is 0 Å². The van der Waals surface area contributed by atoms with Gasteiger partial charge in [-0.2, -0.15) is 0 Å². The minimum Gasteiger partial charge on any atom is -0.283 e. The Morgan fingerprint density at radius 2 is 2.13 bits per heavy atom. The SMILES string of the molecule is PN1CC=C(C2=CC=CC(Br)=CC2)CC1. The van der Waals surface area contributed by atoms with Crippen LogP contribution in [0.3, 0.4) is 0 Å². The van der Waals surface area contributed by atoms with Crippen molar-refractivity contribution in [3.63, 3.8) is 0 Å². The van der Waals surface area contributed by atoms with Crippen LogP contribution in [0.2, 0.25) is 0 Å². The quantitative estimate of drug-likeness (QED) is 0.665. The highest BCUT2D eigenvalue weighted by molar-refractivity contribution is 9.11. The van der Waals surface area contributed by atoms with Gasteiger partial charge in [-0.15, -0.1) is 0 Å². The highest BCUT2D eigenvalue weighted by atomic mass is 79.9. The average Bonchev–Trinajstić information content (AvgIpc) is 2.44. The van der Waals surface area contributed by atoms with E-state index in [4.69, 9.17) is 0 Å². The molecule has 0 fully saturated rings. The lowest BCUT2D eigenvalue weighted by molar-refractivity contribution is 0.499. The number of allylic oxidation sites excluding steroid dienone is 6. The molecule has 2 aliphatic rings. The summed E-state index contributed by atoms with van der Waals surface area (Å²) in [4.78, 5) is 0. The molecule has 1 atom stereocenters. The second-order valence-electron chi connectivity index (χ2n) is 3.82. The zero-order chi connectivity index (χ0) is 10.7. The van der Waals surface area contributed by atoms with Crippen LogP contribution in [0, 0.1) is 0 Å². The largest absolute Gasteiger partial charge is 0.283 e. The molecule has 0 saturated carbocycles. The number of halogens is 1. The fourth-order valence-electron chi connectivity index (χ4n) is 1.81. The molecular formula is C12H15BrNP. The Morgan fingerprint density at radius 1 is 1.27 bits per heavy atom. The van der Waals surface area contributed by atoms with E-state index in [9.17, 15) is 0 Å². The Kier molecular flexibility index (Phi) is 3.96. The van der Waals surface area contributed by atoms with Crippen LogP contribution in [0.1, 0.15) is 12.8 Å². The minimum atomic E-state index is 1.04. The van der Waals surface area contributed by atoms with Gasteiger partial charge in [0.2, 0.25) is 0 Å². The standard InChI is InChI=1S/C12H15BrNP/c13-12-3-1-2-10(4-5-12)11-6-8-14(15)9-7-11/h1-3,5-6H,4,7-9,15H2. The summed E-state index contributed by atoms with van der Waals surface area (Å²) >= 11 is 3.51. The zero-order valence-electron chi connectivity index (χ0n) is 8.62. The third-order valence-electron chi connectivity index (χ3n) is 2.72. The van der Waals surface area contributed by atoms with Gasteiger partial charge < -0.3 is 0 Å². The third kappa shape index (κ3) is 3.14. The maximum atomic E-state index is 3.51. The molecule has 0 aromatic heterocycles. The summed E-state index contributed by atoms with van der Waals surface area (Å²) in [5, 5.41) is 0. The lowest BCUT2D eigenvalue weighted by Crippen LogP contribution is -2.19. The fraction of sp³-hybridized carbons (Fsp3) is 0.333. The van der Waals surface area contributed by atoms with E-state index in [0.717, 1.165) is 25.9 Å². The maximum absolute atomic E-state index is 3.51. The molecule has 3 heteroatoms. The third-order valence-corrected chi connectivity index (χ3v) is 3.78. The number of hydrogen-bond acceptors (Lipinski definition) is 1. The molecule has 0 radical (unpaired) electrons. The molecule has 1 aliphatic carbocycles. The van der Waals surface area contributed by atoms with Gasteiger partial charge in [0.25, 0.3) is 0 Å². The Morgan fingerprint density at radius 3 is 2.87 bits per heavy atom. The van der Waals surface area contributed by atoms with Crippen molar-refractivity contribution in [2.45, 2.75) is 12.8 Å². The van der Waals surface area contributed by atoms with E-state index in [-0.39, 0.29) is 0 Å². The Labute approximate surface area is 102 Å². The molecule has 1 aliphatic heterocycles. The first-order chi connectivity index (χ1) is 7.25. The van der Waals surface area contributed by atoms with Crippen LogP contribution < -0.4 is 0 Å². The Hall–Kier alpha value is -0.170. The molecule has 0 N–H and O–H groups in total. The molecule has 0 bridgehead atoms. The van der Waals surface area contributed by atoms with Gasteiger partial charge in [0, 0.05) is 17.6 Å². The molecule has 2 rings (SSSR count). The van der Waals surface area contributed by atoms with E-state index in [1.807, 2.05) is 0 Å². The molecule has 0 saturated heterocycles. The molecule has 1 nitrogen and oxygen atoms in total. The number of nitrogens with zero attached hydrogens (tertiary/aromatic N) is 1. The molecule has 0 aromatic rings. The van der Waals surface area contributed by atoms with Crippen LogP contribution in [-0.4, -0.2) is 17.8 Å². The molecule has 1 unspecified atom stereocenters. The van der Waals surface area contributed by atoms with Gasteiger partial charge in [0.15, 0.2) is 0 Å². The van der Waals surface area contributed by atoms with Crippen molar-refractivity contribution >= 4 is 25.3 Å². The second-order valence-corrected chi connectivity index (χ2v) is 5.46. The molecule has 80 valence electrons. The van der Waals surface area contributed by atoms with Crippen molar-refractivity contribution < 1.29 is 0 Å². The summed E-state index contributed by atoms with van der Waals surface area (Å²) < 4.78 is 3.44. The van der Waals surface area contributed by atoms with E-state index in [1.165, 1.54) is 15.6 Å². The van der Waals surface area contributed by atoms with Crippen molar-refractivity contribution in [2.75, 3.05) is 13.1 Å². The second kappa shape index (κ2) is 5.25. The zero-order valence-corrected chi connectivity index (χ0v) is 11.4. The summed E-state index contributed by atoms with van der Waals surface area (Å²) in [5.41, 5.74) is 2.97. The lowest BCUT2D eigenvalue weighted by atomic mass is 9.97. The molecule has 15 heavy (non-hydrogen) atoms. The Bertz CT molecular complexity index is 363. The van der Waals surface area contributed by atoms with E-state index in [2.05, 4.69) is 60.4 Å². The summed E-state index contributed by atoms with van der Waals surface area (Å²) in [6.45, 7) is 2.19. The normalized spacial score (nSPS) is 22.9. The van der Waals surface area contributed by atoms with Gasteiger partial charge in [0.05, 0.1) is 0 Å². The topological polar surface area (TPSA) is 3.24 Å². The van der Waals surface area contributed by atoms with Crippen LogP contribution in [0.25, 0.3) is 0 Å². The first-order valence-electron chi connectivity index (χ1n) is 5.17. The van der Waals surface area contributed by atoms with Gasteiger partial charge >= 0.3 is 0 Å². The summed E-state index contributed by atoms with van der Waals surface area (Å²) in [6.07, 6.45) is 13.2. The first kappa shape index (κ1) is 11.3. The van der Waals surface area contributed by atoms with Gasteiger partial charge in [-0.05, 0) is 30.1 Å². The molecule has 0 amide bonds. The highest BCUT2D eigenvalue weighted by Crippen LogP contribution is 2.26. The maximum Gasteiger partial charge on any atom is 0.0203 e. The van der Waals surface area contributed by atoms with E-state index >= 15 is 0 Å². The van der Waals surface area contributed by atoms with Gasteiger partial charge in [0.1, 0.15) is 0 Å². The molecule has 0 spiro atoms. The van der Waals surface area contributed by atoms with Crippen LogP contribution in [-0.2, 0) is 0 Å². The van der Waals surface area contributed by atoms with Gasteiger partial charge in [-0.1, -0.05) is 49.6 Å². The monoisotopic (exact) mass is 283 g/mol. The smallest absolute Gasteiger partial charge is 0.0203 e. The van der Waals surface area contributed by atoms with Gasteiger partial charge in [-0.3, -0.25) is 4.67 Å². The van der Waals surface area contributed by atoms with Crippen LogP contribution in [0.5, 0.6) is 0 Å². The van der Waals surface area contributed by atoms with E-state index in [0.29, 0.717) is 0 Å². The first-order valence-corrected chi connectivity index (χ1v) is 6.48. The van der Waals surface area contributed by atoms with Crippen molar-refractivity contribution in [2.24, 2.45) is 0 Å². The number of rotatable bonds is 1. The van der Waals surface area contributed by atoms with Gasteiger partial charge in [-0.25, -0.2) is 0 Å². The summed E-state index contributed by atoms with van der Waals surface area (Å²) in [5.74, 6) is 0. The average molecular weight is 284 g/mol. The fourth-order valence-corrected chi connectivity index (χ4v) is 2.36. The minimum absolute atomic E-state index is 1.04. The predicted octanol–water partition coefficient (Wildman–Crippen LogP) is 3.57. The summed E-state index contributed by atoms with van der Waals surface area (Å²) in [7, 11) is 2.76. The molecular weight excluding hydrogens is 269 g/mol. The Balaban J connectivity index is 2.12. The highest BCUT2D eigenvalue weighted by Gasteiger charge is 2.11. The molecule has 0 aromatic carbocycles. The van der Waals surface area contributed by atoms with Crippen LogP contribution in [0.4, 0.5) is 0 Å². The summed E-state index contributed by atoms with van der Waals surface area (Å²) in [6, 6.07) is 0. The van der Waals surface area contributed by atoms with Crippen LogP contribution in [0.15, 0.2) is 46.0 Å². The van der Waals surface area contributed by atoms with Crippen molar-refractivity contribution in [1.29, 1.82) is 0 Å². The van der Waals surface area contributed by atoms with Crippen molar-refractivity contribution in [3.8, 4) is 0 Å². The predicted molar refractivity (Wildman–Crippen MR) is 72.8 cm³/mol. The molecule has 1 heterocycles. The number of hydrogen-bond donors (Lipinski definition) is 0. The lowest BCUT2D eigenvalue weighted by Gasteiger charge is -2.22. The van der Waals surface area contributed by atoms with E-state index in [1.54, 1.807) is 0 Å². The van der Waals surface area contributed by atoms with Crippen molar-refractivity contribution in [1.82, 2.24) is 4.67 Å².